The number of nitrogens with zero attached hydrogens (tertiary/aromatic N) is 2. The van der Waals surface area contributed by atoms with Gasteiger partial charge >= 0.3 is 0 Å². The Labute approximate surface area is 191 Å². The number of halogens is 1. The number of fused-ring (bicyclic) bond motifs is 1. The molecule has 2 amide bonds. The van der Waals surface area contributed by atoms with Crippen molar-refractivity contribution in [2.24, 2.45) is 0 Å². The third kappa shape index (κ3) is 4.32. The molecule has 0 fully saturated rings. The number of aryl methyl sites for hydroxylation is 1. The topological polar surface area (TPSA) is 86.8 Å². The summed E-state index contributed by atoms with van der Waals surface area (Å²) in [4.78, 5) is 26.8. The van der Waals surface area contributed by atoms with Crippen LogP contribution in [0.4, 0.5) is 17.1 Å². The van der Waals surface area contributed by atoms with E-state index < -0.39 is 22.5 Å². The Balaban J connectivity index is 1.74. The molecule has 1 heterocycles. The van der Waals surface area contributed by atoms with Crippen molar-refractivity contribution in [3.8, 4) is 0 Å². The molecule has 164 valence electrons. The van der Waals surface area contributed by atoms with Gasteiger partial charge in [-0.1, -0.05) is 35.9 Å². The second-order valence-corrected chi connectivity index (χ2v) is 9.65. The van der Waals surface area contributed by atoms with Gasteiger partial charge in [0.25, 0.3) is 10.0 Å². The van der Waals surface area contributed by atoms with E-state index in [0.717, 1.165) is 9.87 Å². The number of carbonyl (C=O) groups excluding carboxylic acids is 2. The highest BCUT2D eigenvalue weighted by atomic mass is 35.5. The molecular formula is C23H20ClN3O4S. The minimum atomic E-state index is -4.09. The van der Waals surface area contributed by atoms with Crippen LogP contribution in [0.25, 0.3) is 0 Å². The first-order valence-electron chi connectivity index (χ1n) is 9.80. The Morgan fingerprint density at radius 1 is 1.06 bits per heavy atom. The summed E-state index contributed by atoms with van der Waals surface area (Å²) in [5.74, 6) is -0.869. The van der Waals surface area contributed by atoms with Crippen LogP contribution < -0.4 is 14.5 Å². The lowest BCUT2D eigenvalue weighted by Gasteiger charge is -2.32. The van der Waals surface area contributed by atoms with E-state index in [1.807, 2.05) is 13.0 Å². The average Bonchev–Trinajstić information content (AvgIpc) is 2.76. The standard InChI is InChI=1S/C23H20ClN3O4S/c1-16-5-4-6-18(13-16)27(32(30,31)19-11-9-17(24)10-12-19)15-23(29)26-14-22(28)25-20-7-2-3-8-21(20)26/h2-13H,14-15H2,1H3,(H,25,28). The fraction of sp³-hybridized carbons (Fsp3) is 0.130. The number of amides is 2. The minimum absolute atomic E-state index is 0.00740. The molecule has 0 atom stereocenters. The van der Waals surface area contributed by atoms with E-state index >= 15 is 0 Å². The summed E-state index contributed by atoms with van der Waals surface area (Å²) in [6, 6.07) is 19.5. The van der Waals surface area contributed by atoms with Gasteiger partial charge < -0.3 is 5.32 Å². The number of nitrogens with one attached hydrogen (secondary N) is 1. The molecule has 0 aromatic heterocycles. The van der Waals surface area contributed by atoms with E-state index in [4.69, 9.17) is 11.6 Å². The maximum atomic E-state index is 13.5. The maximum Gasteiger partial charge on any atom is 0.264 e. The molecule has 0 saturated heterocycles. The number of benzene rings is 3. The molecule has 0 spiro atoms. The molecular weight excluding hydrogens is 450 g/mol. The van der Waals surface area contributed by atoms with Crippen molar-refractivity contribution in [3.05, 3.63) is 83.4 Å². The Morgan fingerprint density at radius 2 is 1.78 bits per heavy atom. The molecule has 0 unspecified atom stereocenters. The predicted molar refractivity (Wildman–Crippen MR) is 125 cm³/mol. The lowest BCUT2D eigenvalue weighted by Crippen LogP contribution is -2.48. The number of hydrogen-bond donors (Lipinski definition) is 1. The van der Waals surface area contributed by atoms with Crippen molar-refractivity contribution < 1.29 is 18.0 Å². The zero-order valence-electron chi connectivity index (χ0n) is 17.2. The minimum Gasteiger partial charge on any atom is -0.323 e. The van der Waals surface area contributed by atoms with Gasteiger partial charge in [0.2, 0.25) is 11.8 Å². The number of sulfonamides is 1. The largest absolute Gasteiger partial charge is 0.323 e. The Morgan fingerprint density at radius 3 is 2.50 bits per heavy atom. The molecule has 1 aliphatic rings. The molecule has 0 radical (unpaired) electrons. The number of carbonyl (C=O) groups is 2. The van der Waals surface area contributed by atoms with Gasteiger partial charge in [-0.2, -0.15) is 0 Å². The summed E-state index contributed by atoms with van der Waals surface area (Å²) in [5.41, 5.74) is 2.21. The lowest BCUT2D eigenvalue weighted by molar-refractivity contribution is -0.121. The molecule has 1 aliphatic heterocycles. The predicted octanol–water partition coefficient (Wildman–Crippen LogP) is 3.83. The number of rotatable bonds is 5. The van der Waals surface area contributed by atoms with E-state index in [2.05, 4.69) is 5.32 Å². The van der Waals surface area contributed by atoms with Crippen LogP contribution in [0.2, 0.25) is 5.02 Å². The summed E-state index contributed by atoms with van der Waals surface area (Å²) in [7, 11) is -4.09. The van der Waals surface area contributed by atoms with Gasteiger partial charge in [0, 0.05) is 5.02 Å². The van der Waals surface area contributed by atoms with Gasteiger partial charge in [-0.25, -0.2) is 8.42 Å². The summed E-state index contributed by atoms with van der Waals surface area (Å²) < 4.78 is 28.1. The number of hydrogen-bond acceptors (Lipinski definition) is 4. The quantitative estimate of drug-likeness (QED) is 0.615. The van der Waals surface area contributed by atoms with E-state index in [0.29, 0.717) is 22.1 Å². The maximum absolute atomic E-state index is 13.5. The van der Waals surface area contributed by atoms with Gasteiger partial charge in [0.15, 0.2) is 0 Å². The summed E-state index contributed by atoms with van der Waals surface area (Å²) in [6.07, 6.45) is 0. The second-order valence-electron chi connectivity index (χ2n) is 7.35. The number of anilines is 3. The summed E-state index contributed by atoms with van der Waals surface area (Å²) >= 11 is 5.92. The van der Waals surface area contributed by atoms with Crippen molar-refractivity contribution in [1.82, 2.24) is 0 Å². The Hall–Kier alpha value is -3.36. The van der Waals surface area contributed by atoms with E-state index in [9.17, 15) is 18.0 Å². The van der Waals surface area contributed by atoms with E-state index in [1.165, 1.54) is 29.2 Å². The third-order valence-corrected chi connectivity index (χ3v) is 7.08. The summed E-state index contributed by atoms with van der Waals surface area (Å²) in [5, 5.41) is 3.12. The molecule has 0 bridgehead atoms. The molecule has 32 heavy (non-hydrogen) atoms. The molecule has 9 heteroatoms. The second kappa shape index (κ2) is 8.64. The molecule has 0 saturated carbocycles. The first-order chi connectivity index (χ1) is 15.3. The first-order valence-corrected chi connectivity index (χ1v) is 11.6. The molecule has 1 N–H and O–H groups in total. The zero-order valence-corrected chi connectivity index (χ0v) is 18.7. The lowest BCUT2D eigenvalue weighted by atomic mass is 10.2. The van der Waals surface area contributed by atoms with Gasteiger partial charge in [-0.3, -0.25) is 18.8 Å². The normalized spacial score (nSPS) is 13.3. The van der Waals surface area contributed by atoms with Crippen molar-refractivity contribution in [2.75, 3.05) is 27.6 Å². The van der Waals surface area contributed by atoms with Crippen LogP contribution in [-0.2, 0) is 19.6 Å². The Kier molecular flexibility index (Phi) is 5.90. The highest BCUT2D eigenvalue weighted by Crippen LogP contribution is 2.30. The van der Waals surface area contributed by atoms with Gasteiger partial charge in [-0.05, 0) is 61.0 Å². The molecule has 3 aromatic rings. The van der Waals surface area contributed by atoms with Crippen LogP contribution in [0.1, 0.15) is 5.56 Å². The average molecular weight is 470 g/mol. The van der Waals surface area contributed by atoms with Crippen molar-refractivity contribution in [2.45, 2.75) is 11.8 Å². The molecule has 0 aliphatic carbocycles. The van der Waals surface area contributed by atoms with Crippen molar-refractivity contribution in [3.63, 3.8) is 0 Å². The van der Waals surface area contributed by atoms with Crippen molar-refractivity contribution >= 4 is 50.5 Å². The van der Waals surface area contributed by atoms with Crippen LogP contribution in [0.3, 0.4) is 0 Å². The SMILES string of the molecule is Cc1cccc(N(CC(=O)N2CC(=O)Nc3ccccc32)S(=O)(=O)c2ccc(Cl)cc2)c1. The van der Waals surface area contributed by atoms with E-state index in [1.54, 1.807) is 42.5 Å². The monoisotopic (exact) mass is 469 g/mol. The third-order valence-electron chi connectivity index (χ3n) is 5.04. The smallest absolute Gasteiger partial charge is 0.264 e. The van der Waals surface area contributed by atoms with Crippen LogP contribution in [-0.4, -0.2) is 33.3 Å². The van der Waals surface area contributed by atoms with Crippen LogP contribution >= 0.6 is 11.6 Å². The fourth-order valence-electron chi connectivity index (χ4n) is 3.50. The summed E-state index contributed by atoms with van der Waals surface area (Å²) in [6.45, 7) is 1.16. The molecule has 7 nitrogen and oxygen atoms in total. The van der Waals surface area contributed by atoms with Gasteiger partial charge in [0.05, 0.1) is 22.0 Å². The van der Waals surface area contributed by atoms with Crippen LogP contribution in [0.15, 0.2) is 77.7 Å². The Bertz CT molecular complexity index is 1290. The highest BCUT2D eigenvalue weighted by Gasteiger charge is 2.32. The van der Waals surface area contributed by atoms with Crippen LogP contribution in [0.5, 0.6) is 0 Å². The molecule has 3 aromatic carbocycles. The van der Waals surface area contributed by atoms with E-state index in [-0.39, 0.29) is 17.3 Å². The number of para-hydroxylation sites is 2. The molecule has 4 rings (SSSR count). The first kappa shape index (κ1) is 21.9. The van der Waals surface area contributed by atoms with Gasteiger partial charge in [0.1, 0.15) is 13.1 Å². The van der Waals surface area contributed by atoms with Crippen LogP contribution in [0, 0.1) is 6.92 Å². The highest BCUT2D eigenvalue weighted by molar-refractivity contribution is 7.92. The van der Waals surface area contributed by atoms with Gasteiger partial charge in [-0.15, -0.1) is 0 Å². The van der Waals surface area contributed by atoms with Crippen molar-refractivity contribution in [1.29, 1.82) is 0 Å². The fourth-order valence-corrected chi connectivity index (χ4v) is 5.03. The zero-order chi connectivity index (χ0) is 22.9.